The number of allylic oxidation sites excluding steroid dienone is 1. The van der Waals surface area contributed by atoms with E-state index in [1.54, 1.807) is 0 Å². The number of ether oxygens (including phenoxy) is 1. The van der Waals surface area contributed by atoms with Gasteiger partial charge < -0.3 is 4.74 Å². The van der Waals surface area contributed by atoms with E-state index in [9.17, 15) is 0 Å². The molecule has 0 aromatic rings. The lowest BCUT2D eigenvalue weighted by Gasteiger charge is -2.16. The van der Waals surface area contributed by atoms with Crippen LogP contribution in [0.3, 0.4) is 0 Å². The van der Waals surface area contributed by atoms with Gasteiger partial charge in [-0.15, -0.1) is 0 Å². The second-order valence-electron chi connectivity index (χ2n) is 2.21. The summed E-state index contributed by atoms with van der Waals surface area (Å²) in [5.74, 6) is 0. The molecule has 1 aliphatic rings. The summed E-state index contributed by atoms with van der Waals surface area (Å²) in [6, 6.07) is 0. The minimum Gasteiger partial charge on any atom is -0.498 e. The molecule has 0 aromatic carbocycles. The molecule has 0 N–H and O–H groups in total. The van der Waals surface area contributed by atoms with Crippen LogP contribution in [0.1, 0.15) is 19.3 Å². The first-order valence-corrected chi connectivity index (χ1v) is 3.35. The Kier molecular flexibility index (Phi) is 2.37. The molecule has 1 nitrogen and oxygen atoms in total. The Morgan fingerprint density at radius 1 is 1.56 bits per heavy atom. The van der Waals surface area contributed by atoms with E-state index in [0.29, 0.717) is 6.10 Å². The van der Waals surface area contributed by atoms with Crippen LogP contribution in [0.5, 0.6) is 0 Å². The van der Waals surface area contributed by atoms with E-state index in [1.165, 1.54) is 6.26 Å². The molecule has 1 unspecified atom stereocenters. The highest BCUT2D eigenvalue weighted by molar-refractivity contribution is 4.91. The third-order valence-corrected chi connectivity index (χ3v) is 1.51. The fourth-order valence-electron chi connectivity index (χ4n) is 1.03. The molecule has 0 saturated carbocycles. The van der Waals surface area contributed by atoms with Crippen LogP contribution in [-0.4, -0.2) is 6.10 Å². The van der Waals surface area contributed by atoms with Gasteiger partial charge in [0, 0.05) is 6.42 Å². The first-order valence-electron chi connectivity index (χ1n) is 3.35. The molecular formula is C8H12O. The lowest BCUT2D eigenvalue weighted by Crippen LogP contribution is -2.10. The predicted molar refractivity (Wildman–Crippen MR) is 38.1 cm³/mol. The van der Waals surface area contributed by atoms with Gasteiger partial charge in [0.25, 0.3) is 0 Å². The van der Waals surface area contributed by atoms with Crippen molar-refractivity contribution in [2.45, 2.75) is 25.4 Å². The van der Waals surface area contributed by atoms with E-state index in [0.717, 1.165) is 19.3 Å². The van der Waals surface area contributed by atoms with Crippen LogP contribution in [0.2, 0.25) is 0 Å². The molecule has 1 rings (SSSR count). The Labute approximate surface area is 56.0 Å². The molecule has 1 heteroatoms. The number of hydrogen-bond acceptors (Lipinski definition) is 1. The first-order chi connectivity index (χ1) is 4.43. The Morgan fingerprint density at radius 3 is 3.00 bits per heavy atom. The number of rotatable bonds is 2. The zero-order valence-corrected chi connectivity index (χ0v) is 5.55. The van der Waals surface area contributed by atoms with Crippen molar-refractivity contribution in [1.29, 1.82) is 0 Å². The van der Waals surface area contributed by atoms with Crippen molar-refractivity contribution in [2.75, 3.05) is 0 Å². The van der Waals surface area contributed by atoms with Crippen LogP contribution in [0, 0.1) is 0 Å². The van der Waals surface area contributed by atoms with Crippen LogP contribution < -0.4 is 0 Å². The van der Waals surface area contributed by atoms with Crippen molar-refractivity contribution in [3.63, 3.8) is 0 Å². The molecule has 1 aliphatic carbocycles. The quantitative estimate of drug-likeness (QED) is 0.405. The minimum absolute atomic E-state index is 0.396. The van der Waals surface area contributed by atoms with Crippen molar-refractivity contribution in [3.8, 4) is 0 Å². The Balaban J connectivity index is 2.26. The van der Waals surface area contributed by atoms with Gasteiger partial charge in [0.1, 0.15) is 6.10 Å². The maximum absolute atomic E-state index is 5.20. The molecule has 0 amide bonds. The maximum atomic E-state index is 5.20. The highest BCUT2D eigenvalue weighted by Gasteiger charge is 2.07. The largest absolute Gasteiger partial charge is 0.498 e. The summed E-state index contributed by atoms with van der Waals surface area (Å²) in [7, 11) is 0. The van der Waals surface area contributed by atoms with Gasteiger partial charge in [0.05, 0.1) is 6.26 Å². The minimum atomic E-state index is 0.396. The summed E-state index contributed by atoms with van der Waals surface area (Å²) in [4.78, 5) is 0. The second kappa shape index (κ2) is 3.33. The Hall–Kier alpha value is -0.720. The van der Waals surface area contributed by atoms with Crippen LogP contribution in [0.15, 0.2) is 25.0 Å². The Morgan fingerprint density at radius 2 is 2.44 bits per heavy atom. The smallest absolute Gasteiger partial charge is 0.101 e. The highest BCUT2D eigenvalue weighted by Crippen LogP contribution is 2.13. The van der Waals surface area contributed by atoms with Gasteiger partial charge in [-0.2, -0.15) is 0 Å². The van der Waals surface area contributed by atoms with E-state index in [2.05, 4.69) is 18.7 Å². The predicted octanol–water partition coefficient (Wildman–Crippen LogP) is 2.26. The van der Waals surface area contributed by atoms with E-state index in [1.807, 2.05) is 0 Å². The van der Waals surface area contributed by atoms with Gasteiger partial charge in [0.2, 0.25) is 0 Å². The summed E-state index contributed by atoms with van der Waals surface area (Å²) in [6.45, 7) is 3.51. The molecule has 0 aromatic heterocycles. The van der Waals surface area contributed by atoms with E-state index in [4.69, 9.17) is 4.74 Å². The number of hydrogen-bond donors (Lipinski definition) is 0. The summed E-state index contributed by atoms with van der Waals surface area (Å²) in [6.07, 6.45) is 9.63. The highest BCUT2D eigenvalue weighted by atomic mass is 16.5. The van der Waals surface area contributed by atoms with Crippen LogP contribution in [0.4, 0.5) is 0 Å². The summed E-state index contributed by atoms with van der Waals surface area (Å²) in [5.41, 5.74) is 0. The fraction of sp³-hybridized carbons (Fsp3) is 0.500. The van der Waals surface area contributed by atoms with Crippen molar-refractivity contribution in [3.05, 3.63) is 25.0 Å². The van der Waals surface area contributed by atoms with Crippen LogP contribution in [0.25, 0.3) is 0 Å². The lowest BCUT2D eigenvalue weighted by molar-refractivity contribution is 0.136. The summed E-state index contributed by atoms with van der Waals surface area (Å²) >= 11 is 0. The van der Waals surface area contributed by atoms with Gasteiger partial charge in [0.15, 0.2) is 0 Å². The fourth-order valence-corrected chi connectivity index (χ4v) is 1.03. The normalized spacial score (nSPS) is 25.6. The average Bonchev–Trinajstić information content (AvgIpc) is 1.91. The first kappa shape index (κ1) is 6.40. The van der Waals surface area contributed by atoms with E-state index < -0.39 is 0 Å². The molecule has 0 spiro atoms. The molecular weight excluding hydrogens is 112 g/mol. The van der Waals surface area contributed by atoms with E-state index >= 15 is 0 Å². The maximum Gasteiger partial charge on any atom is 0.101 e. The molecule has 0 heterocycles. The summed E-state index contributed by atoms with van der Waals surface area (Å²) < 4.78 is 5.20. The molecule has 0 radical (unpaired) electrons. The third kappa shape index (κ3) is 1.92. The molecule has 9 heavy (non-hydrogen) atoms. The van der Waals surface area contributed by atoms with Crippen LogP contribution >= 0.6 is 0 Å². The van der Waals surface area contributed by atoms with Crippen molar-refractivity contribution in [1.82, 2.24) is 0 Å². The van der Waals surface area contributed by atoms with Crippen molar-refractivity contribution < 1.29 is 4.74 Å². The van der Waals surface area contributed by atoms with Crippen molar-refractivity contribution in [2.24, 2.45) is 0 Å². The van der Waals surface area contributed by atoms with Gasteiger partial charge in [-0.25, -0.2) is 0 Å². The van der Waals surface area contributed by atoms with Gasteiger partial charge in [-0.05, 0) is 12.8 Å². The summed E-state index contributed by atoms with van der Waals surface area (Å²) in [5, 5.41) is 0. The molecule has 0 fully saturated rings. The average molecular weight is 124 g/mol. The molecule has 1 atom stereocenters. The standard InChI is InChI=1S/C8H12O/c1-2-9-8-6-4-3-5-7-8/h2-4,8H,1,5-7H2. The SMILES string of the molecule is C=COC1CC=CCC1. The van der Waals surface area contributed by atoms with Crippen molar-refractivity contribution >= 4 is 0 Å². The monoisotopic (exact) mass is 124 g/mol. The molecule has 50 valence electrons. The topological polar surface area (TPSA) is 9.23 Å². The van der Waals surface area contributed by atoms with Gasteiger partial charge in [-0.1, -0.05) is 18.7 Å². The lowest BCUT2D eigenvalue weighted by atomic mass is 10.1. The Bertz CT molecular complexity index is 116. The molecule has 0 aliphatic heterocycles. The van der Waals surface area contributed by atoms with Crippen LogP contribution in [-0.2, 0) is 4.74 Å². The van der Waals surface area contributed by atoms with E-state index in [-0.39, 0.29) is 0 Å². The molecule has 0 bridgehead atoms. The second-order valence-corrected chi connectivity index (χ2v) is 2.21. The van der Waals surface area contributed by atoms with Gasteiger partial charge in [-0.3, -0.25) is 0 Å². The zero-order chi connectivity index (χ0) is 6.53. The zero-order valence-electron chi connectivity index (χ0n) is 5.55. The van der Waals surface area contributed by atoms with Gasteiger partial charge >= 0.3 is 0 Å². The molecule has 0 saturated heterocycles. The third-order valence-electron chi connectivity index (χ3n) is 1.51.